The van der Waals surface area contributed by atoms with Crippen LogP contribution in [0.2, 0.25) is 0 Å². The van der Waals surface area contributed by atoms with Crippen LogP contribution < -0.4 is 0 Å². The summed E-state index contributed by atoms with van der Waals surface area (Å²) in [5.41, 5.74) is -0.175. The standard InChI is InChI=1S/C10H19F2NO/c1-10(2,3)14-8-4-5-13(6-8)7-9(11)12/h8-9H,4-7H2,1-3H3. The Balaban J connectivity index is 2.27. The summed E-state index contributed by atoms with van der Waals surface area (Å²) >= 11 is 0. The lowest BCUT2D eigenvalue weighted by atomic mass is 10.2. The normalized spacial score (nSPS) is 24.9. The van der Waals surface area contributed by atoms with Crippen molar-refractivity contribution >= 4 is 0 Å². The Hall–Kier alpha value is -0.220. The van der Waals surface area contributed by atoms with E-state index in [0.717, 1.165) is 13.0 Å². The Labute approximate surface area is 84.2 Å². The van der Waals surface area contributed by atoms with Crippen molar-refractivity contribution in [2.45, 2.75) is 45.3 Å². The lowest BCUT2D eigenvalue weighted by Crippen LogP contribution is -2.32. The van der Waals surface area contributed by atoms with E-state index in [1.54, 1.807) is 4.90 Å². The average molecular weight is 207 g/mol. The first kappa shape index (κ1) is 11.9. The summed E-state index contributed by atoms with van der Waals surface area (Å²) < 4.78 is 29.9. The van der Waals surface area contributed by atoms with Gasteiger partial charge in [0.15, 0.2) is 0 Å². The molecule has 0 aromatic rings. The van der Waals surface area contributed by atoms with Crippen molar-refractivity contribution in [2.75, 3.05) is 19.6 Å². The van der Waals surface area contributed by atoms with E-state index in [4.69, 9.17) is 4.74 Å². The number of hydrogen-bond donors (Lipinski definition) is 0. The fraction of sp³-hybridized carbons (Fsp3) is 1.00. The number of rotatable bonds is 3. The first-order chi connectivity index (χ1) is 6.37. The van der Waals surface area contributed by atoms with E-state index < -0.39 is 6.43 Å². The van der Waals surface area contributed by atoms with E-state index in [2.05, 4.69) is 0 Å². The van der Waals surface area contributed by atoms with Crippen molar-refractivity contribution in [3.8, 4) is 0 Å². The van der Waals surface area contributed by atoms with Crippen molar-refractivity contribution in [3.05, 3.63) is 0 Å². The van der Waals surface area contributed by atoms with Crippen molar-refractivity contribution < 1.29 is 13.5 Å². The van der Waals surface area contributed by atoms with Crippen LogP contribution in [0.4, 0.5) is 8.78 Å². The maximum atomic E-state index is 12.1. The van der Waals surface area contributed by atoms with Gasteiger partial charge in [-0.25, -0.2) is 8.78 Å². The second-order valence-corrected chi connectivity index (χ2v) is 4.79. The van der Waals surface area contributed by atoms with E-state index in [0.29, 0.717) is 6.54 Å². The predicted molar refractivity (Wildman–Crippen MR) is 51.7 cm³/mol. The van der Waals surface area contributed by atoms with E-state index in [1.807, 2.05) is 20.8 Å². The van der Waals surface area contributed by atoms with Crippen LogP contribution in [-0.2, 0) is 4.74 Å². The number of alkyl halides is 2. The largest absolute Gasteiger partial charge is 0.371 e. The van der Waals surface area contributed by atoms with Crippen molar-refractivity contribution in [1.29, 1.82) is 0 Å². The first-order valence-corrected chi connectivity index (χ1v) is 5.05. The molecule has 0 aromatic heterocycles. The molecule has 1 fully saturated rings. The zero-order chi connectivity index (χ0) is 10.8. The van der Waals surface area contributed by atoms with Gasteiger partial charge in [-0.3, -0.25) is 4.90 Å². The molecular formula is C10H19F2NO. The third-order valence-electron chi connectivity index (χ3n) is 2.15. The molecule has 1 aliphatic heterocycles. The van der Waals surface area contributed by atoms with Gasteiger partial charge in [-0.2, -0.15) is 0 Å². The smallest absolute Gasteiger partial charge is 0.251 e. The van der Waals surface area contributed by atoms with E-state index >= 15 is 0 Å². The number of likely N-dealkylation sites (tertiary alicyclic amines) is 1. The molecule has 1 aliphatic rings. The Bertz CT molecular complexity index is 179. The Kier molecular flexibility index (Phi) is 3.84. The zero-order valence-electron chi connectivity index (χ0n) is 9.09. The van der Waals surface area contributed by atoms with Gasteiger partial charge in [0.1, 0.15) is 0 Å². The lowest BCUT2D eigenvalue weighted by molar-refractivity contribution is -0.0551. The third kappa shape index (κ3) is 4.33. The SMILES string of the molecule is CC(C)(C)OC1CCN(CC(F)F)C1. The highest BCUT2D eigenvalue weighted by molar-refractivity contribution is 4.78. The van der Waals surface area contributed by atoms with Crippen LogP contribution in [0.5, 0.6) is 0 Å². The average Bonchev–Trinajstić information content (AvgIpc) is 2.30. The Morgan fingerprint density at radius 2 is 2.07 bits per heavy atom. The highest BCUT2D eigenvalue weighted by Crippen LogP contribution is 2.19. The molecule has 0 aromatic carbocycles. The molecule has 1 heterocycles. The molecule has 1 unspecified atom stereocenters. The summed E-state index contributed by atoms with van der Waals surface area (Å²) in [6.45, 7) is 7.21. The maximum Gasteiger partial charge on any atom is 0.251 e. The van der Waals surface area contributed by atoms with Gasteiger partial charge in [0.2, 0.25) is 0 Å². The summed E-state index contributed by atoms with van der Waals surface area (Å²) in [4.78, 5) is 1.76. The molecule has 0 saturated carbocycles. The van der Waals surface area contributed by atoms with Crippen LogP contribution in [0, 0.1) is 0 Å². The molecule has 0 bridgehead atoms. The first-order valence-electron chi connectivity index (χ1n) is 5.05. The van der Waals surface area contributed by atoms with Gasteiger partial charge < -0.3 is 4.74 Å². The summed E-state index contributed by atoms with van der Waals surface area (Å²) in [5, 5.41) is 0. The molecule has 0 N–H and O–H groups in total. The molecule has 2 nitrogen and oxygen atoms in total. The van der Waals surface area contributed by atoms with Crippen LogP contribution in [0.3, 0.4) is 0 Å². The van der Waals surface area contributed by atoms with Crippen LogP contribution in [-0.4, -0.2) is 42.7 Å². The van der Waals surface area contributed by atoms with Gasteiger partial charge in [-0.1, -0.05) is 0 Å². The molecule has 4 heteroatoms. The topological polar surface area (TPSA) is 12.5 Å². The molecular weight excluding hydrogens is 188 g/mol. The second kappa shape index (κ2) is 4.53. The lowest BCUT2D eigenvalue weighted by Gasteiger charge is -2.25. The monoisotopic (exact) mass is 207 g/mol. The number of nitrogens with zero attached hydrogens (tertiary/aromatic N) is 1. The predicted octanol–water partition coefficient (Wildman–Crippen LogP) is 2.14. The van der Waals surface area contributed by atoms with Gasteiger partial charge in [0.05, 0.1) is 18.2 Å². The van der Waals surface area contributed by atoms with Crippen molar-refractivity contribution in [1.82, 2.24) is 4.90 Å². The van der Waals surface area contributed by atoms with Crippen LogP contribution in [0.1, 0.15) is 27.2 Å². The molecule has 0 spiro atoms. The highest BCUT2D eigenvalue weighted by atomic mass is 19.3. The van der Waals surface area contributed by atoms with Gasteiger partial charge in [-0.05, 0) is 27.2 Å². The minimum atomic E-state index is -2.23. The summed E-state index contributed by atoms with van der Waals surface area (Å²) in [6, 6.07) is 0. The minimum absolute atomic E-state index is 0.119. The molecule has 0 aliphatic carbocycles. The number of ether oxygens (including phenoxy) is 1. The van der Waals surface area contributed by atoms with Crippen LogP contribution in [0.25, 0.3) is 0 Å². The van der Waals surface area contributed by atoms with Crippen LogP contribution in [0.15, 0.2) is 0 Å². The molecule has 0 amide bonds. The second-order valence-electron chi connectivity index (χ2n) is 4.79. The summed E-state index contributed by atoms with van der Waals surface area (Å²) in [5.74, 6) is 0. The molecule has 14 heavy (non-hydrogen) atoms. The quantitative estimate of drug-likeness (QED) is 0.703. The highest BCUT2D eigenvalue weighted by Gasteiger charge is 2.28. The zero-order valence-corrected chi connectivity index (χ0v) is 9.09. The van der Waals surface area contributed by atoms with Gasteiger partial charge >= 0.3 is 0 Å². The van der Waals surface area contributed by atoms with E-state index in [1.165, 1.54) is 0 Å². The van der Waals surface area contributed by atoms with Gasteiger partial charge in [0, 0.05) is 13.1 Å². The minimum Gasteiger partial charge on any atom is -0.371 e. The Morgan fingerprint density at radius 1 is 1.43 bits per heavy atom. The molecule has 1 atom stereocenters. The van der Waals surface area contributed by atoms with E-state index in [-0.39, 0.29) is 18.2 Å². The van der Waals surface area contributed by atoms with Gasteiger partial charge in [-0.15, -0.1) is 0 Å². The third-order valence-corrected chi connectivity index (χ3v) is 2.15. The molecule has 1 saturated heterocycles. The van der Waals surface area contributed by atoms with Crippen LogP contribution >= 0.6 is 0 Å². The molecule has 84 valence electrons. The van der Waals surface area contributed by atoms with E-state index in [9.17, 15) is 8.78 Å². The van der Waals surface area contributed by atoms with Crippen molar-refractivity contribution in [2.24, 2.45) is 0 Å². The van der Waals surface area contributed by atoms with Gasteiger partial charge in [0.25, 0.3) is 6.43 Å². The molecule has 1 rings (SSSR count). The molecule has 0 radical (unpaired) electrons. The number of halogens is 2. The fourth-order valence-electron chi connectivity index (χ4n) is 1.75. The summed E-state index contributed by atoms with van der Waals surface area (Å²) in [7, 11) is 0. The fourth-order valence-corrected chi connectivity index (χ4v) is 1.75. The maximum absolute atomic E-state index is 12.1. The van der Waals surface area contributed by atoms with Crippen molar-refractivity contribution in [3.63, 3.8) is 0 Å². The summed E-state index contributed by atoms with van der Waals surface area (Å²) in [6.07, 6.45) is -1.25. The Morgan fingerprint density at radius 3 is 2.57 bits per heavy atom. The number of hydrogen-bond acceptors (Lipinski definition) is 2.